The molecule has 1 amide bonds. The van der Waals surface area contributed by atoms with Crippen molar-refractivity contribution in [2.75, 3.05) is 13.2 Å². The van der Waals surface area contributed by atoms with Gasteiger partial charge in [0.2, 0.25) is 5.91 Å². The van der Waals surface area contributed by atoms with Crippen LogP contribution in [-0.2, 0) is 9.53 Å². The van der Waals surface area contributed by atoms with Crippen molar-refractivity contribution in [2.24, 2.45) is 10.7 Å². The second kappa shape index (κ2) is 11.1. The van der Waals surface area contributed by atoms with Gasteiger partial charge < -0.3 is 25.1 Å². The Hall–Kier alpha value is -3.28. The number of rotatable bonds is 8. The molecular weight excluding hydrogens is 510 g/mol. The van der Waals surface area contributed by atoms with E-state index in [1.165, 1.54) is 0 Å². The van der Waals surface area contributed by atoms with Crippen LogP contribution in [0.1, 0.15) is 74.5 Å². The molecule has 1 unspecified atom stereocenters. The van der Waals surface area contributed by atoms with Gasteiger partial charge in [-0.25, -0.2) is 4.99 Å². The number of para-hydroxylation sites is 1. The number of aliphatic hydroxyl groups is 1. The first-order valence-corrected chi connectivity index (χ1v) is 13.2. The van der Waals surface area contributed by atoms with Crippen molar-refractivity contribution in [3.05, 3.63) is 59.2 Å². The van der Waals surface area contributed by atoms with E-state index in [1.54, 1.807) is 29.2 Å². The summed E-state index contributed by atoms with van der Waals surface area (Å²) in [5.74, 6) is 1.26. The van der Waals surface area contributed by atoms with Crippen molar-refractivity contribution in [3.8, 4) is 11.5 Å². The van der Waals surface area contributed by atoms with E-state index in [4.69, 9.17) is 15.2 Å². The fourth-order valence-electron chi connectivity index (χ4n) is 5.50. The number of halogens is 2. The number of hydrogen-bond acceptors (Lipinski definition) is 8. The molecule has 5 rings (SSSR count). The lowest BCUT2D eigenvalue weighted by molar-refractivity contribution is -0.147. The molecular formula is C28H34F2N4O5. The van der Waals surface area contributed by atoms with Crippen LogP contribution in [0.3, 0.4) is 0 Å². The van der Waals surface area contributed by atoms with E-state index < -0.39 is 24.5 Å². The number of carbonyl (C=O) groups excluding carboxylic acids is 1. The molecule has 3 aliphatic rings. The largest absolute Gasteiger partial charge is 0.493 e. The fraction of sp³-hybridized carbons (Fsp3) is 0.500. The number of guanidine groups is 1. The minimum Gasteiger partial charge on any atom is -0.493 e. The topological polar surface area (TPSA) is 119 Å². The minimum absolute atomic E-state index is 0.0929. The third kappa shape index (κ3) is 5.70. The second-order valence-electron chi connectivity index (χ2n) is 10.4. The summed E-state index contributed by atoms with van der Waals surface area (Å²) in [6.07, 6.45) is 0.107. The van der Waals surface area contributed by atoms with E-state index in [9.17, 15) is 18.7 Å². The zero-order chi connectivity index (χ0) is 27.7. The molecule has 9 nitrogen and oxygen atoms in total. The average Bonchev–Trinajstić information content (AvgIpc) is 2.91. The molecule has 5 atom stereocenters. The SMILES string of the molecule is CC[C@]1(C)CC(=O)N([C@@H]2CCOc3ccc(C(O)N[C@H]4C[C@H](COC(F)F)Oc5ccccc54)cc32)C(N)=N1. The Kier molecular flexibility index (Phi) is 7.75. The Bertz CT molecular complexity index is 1240. The molecule has 210 valence electrons. The van der Waals surface area contributed by atoms with Gasteiger partial charge in [0.15, 0.2) is 5.96 Å². The van der Waals surface area contributed by atoms with E-state index in [0.717, 1.165) is 11.1 Å². The summed E-state index contributed by atoms with van der Waals surface area (Å²) < 4.78 is 41.5. The van der Waals surface area contributed by atoms with Crippen molar-refractivity contribution < 1.29 is 32.9 Å². The molecule has 0 saturated carbocycles. The maximum atomic E-state index is 13.2. The third-order valence-corrected chi connectivity index (χ3v) is 7.72. The normalized spacial score (nSPS) is 27.2. The monoisotopic (exact) mass is 544 g/mol. The van der Waals surface area contributed by atoms with E-state index >= 15 is 0 Å². The highest BCUT2D eigenvalue weighted by atomic mass is 19.3. The van der Waals surface area contributed by atoms with Crippen molar-refractivity contribution in [1.29, 1.82) is 0 Å². The van der Waals surface area contributed by atoms with Gasteiger partial charge in [-0.1, -0.05) is 31.2 Å². The zero-order valence-electron chi connectivity index (χ0n) is 22.0. The zero-order valence-corrected chi connectivity index (χ0v) is 22.0. The van der Waals surface area contributed by atoms with Gasteiger partial charge in [0.1, 0.15) is 23.8 Å². The summed E-state index contributed by atoms with van der Waals surface area (Å²) in [6, 6.07) is 11.9. The second-order valence-corrected chi connectivity index (χ2v) is 10.4. The Morgan fingerprint density at radius 3 is 2.79 bits per heavy atom. The molecule has 4 N–H and O–H groups in total. The molecule has 2 aromatic carbocycles. The number of nitrogens with two attached hydrogens (primary N) is 1. The molecule has 2 aromatic rings. The van der Waals surface area contributed by atoms with Crippen molar-refractivity contribution in [2.45, 2.75) is 76.1 Å². The Morgan fingerprint density at radius 1 is 1.26 bits per heavy atom. The van der Waals surface area contributed by atoms with Crippen LogP contribution in [0.5, 0.6) is 11.5 Å². The number of nitrogens with one attached hydrogen (secondary N) is 1. The van der Waals surface area contributed by atoms with E-state index in [0.29, 0.717) is 42.9 Å². The summed E-state index contributed by atoms with van der Waals surface area (Å²) in [7, 11) is 0. The van der Waals surface area contributed by atoms with E-state index in [-0.39, 0.29) is 37.0 Å². The van der Waals surface area contributed by atoms with Crippen LogP contribution in [-0.4, -0.2) is 53.3 Å². The lowest BCUT2D eigenvalue weighted by atomic mass is 9.90. The molecule has 39 heavy (non-hydrogen) atoms. The first-order valence-electron chi connectivity index (χ1n) is 13.2. The fourth-order valence-corrected chi connectivity index (χ4v) is 5.50. The molecule has 11 heteroatoms. The number of aliphatic hydroxyl groups excluding tert-OH is 1. The van der Waals surface area contributed by atoms with Crippen LogP contribution in [0.2, 0.25) is 0 Å². The molecule has 0 aliphatic carbocycles. The number of nitrogens with zero attached hydrogens (tertiary/aromatic N) is 2. The number of alkyl halides is 2. The van der Waals surface area contributed by atoms with Crippen LogP contribution in [0.4, 0.5) is 8.78 Å². The number of aliphatic imine (C=N–C) groups is 1. The Balaban J connectivity index is 1.38. The standard InChI is InChI=1S/C28H34F2N4O5/c1-3-28(2)14-24(35)34(27(31)33-28)21-10-11-37-22-9-8-16(12-19(21)22)25(36)32-20-13-17(15-38-26(29)30)39-23-7-5-4-6-18(20)23/h4-9,12,17,20-21,25-26,32,36H,3,10-11,13-15H2,1-2H3,(H2,31,33)/t17-,20+,21-,25?,28-/m1/s1. The average molecular weight is 545 g/mol. The number of carbonyl (C=O) groups is 1. The molecule has 3 heterocycles. The molecule has 3 aliphatic heterocycles. The third-order valence-electron chi connectivity index (χ3n) is 7.72. The van der Waals surface area contributed by atoms with Crippen LogP contribution in [0.15, 0.2) is 47.5 Å². The van der Waals surface area contributed by atoms with Crippen LogP contribution < -0.4 is 20.5 Å². The van der Waals surface area contributed by atoms with Crippen molar-refractivity contribution >= 4 is 11.9 Å². The lowest BCUT2D eigenvalue weighted by Crippen LogP contribution is -2.52. The predicted molar refractivity (Wildman–Crippen MR) is 139 cm³/mol. The molecule has 0 saturated heterocycles. The molecule has 0 radical (unpaired) electrons. The summed E-state index contributed by atoms with van der Waals surface area (Å²) in [4.78, 5) is 19.4. The van der Waals surface area contributed by atoms with Crippen LogP contribution in [0.25, 0.3) is 0 Å². The number of ether oxygens (including phenoxy) is 3. The molecule has 0 aromatic heterocycles. The van der Waals surface area contributed by atoms with Gasteiger partial charge in [-0.2, -0.15) is 8.78 Å². The summed E-state index contributed by atoms with van der Waals surface area (Å²) in [6.45, 7) is 1.15. The van der Waals surface area contributed by atoms with Gasteiger partial charge in [-0.3, -0.25) is 15.0 Å². The summed E-state index contributed by atoms with van der Waals surface area (Å²) >= 11 is 0. The first-order chi connectivity index (χ1) is 18.7. The van der Waals surface area contributed by atoms with Gasteiger partial charge in [0.05, 0.1) is 31.2 Å². The van der Waals surface area contributed by atoms with Gasteiger partial charge >= 0.3 is 6.61 Å². The van der Waals surface area contributed by atoms with Gasteiger partial charge in [-0.15, -0.1) is 0 Å². The number of amides is 1. The minimum atomic E-state index is -2.89. The van der Waals surface area contributed by atoms with Crippen molar-refractivity contribution in [1.82, 2.24) is 10.2 Å². The van der Waals surface area contributed by atoms with Gasteiger partial charge in [0, 0.05) is 30.0 Å². The highest BCUT2D eigenvalue weighted by molar-refractivity contribution is 5.99. The van der Waals surface area contributed by atoms with E-state index in [2.05, 4.69) is 15.0 Å². The Labute approximate surface area is 225 Å². The smallest absolute Gasteiger partial charge is 0.345 e. The van der Waals surface area contributed by atoms with E-state index in [1.807, 2.05) is 32.0 Å². The molecule has 0 fully saturated rings. The maximum absolute atomic E-state index is 13.2. The highest BCUT2D eigenvalue weighted by Gasteiger charge is 2.40. The molecule has 0 spiro atoms. The number of fused-ring (bicyclic) bond motifs is 2. The lowest BCUT2D eigenvalue weighted by Gasteiger charge is -2.40. The number of hydrogen-bond donors (Lipinski definition) is 3. The quantitative estimate of drug-likeness (QED) is 0.431. The summed E-state index contributed by atoms with van der Waals surface area (Å²) in [5, 5.41) is 14.4. The Morgan fingerprint density at radius 2 is 2.05 bits per heavy atom. The van der Waals surface area contributed by atoms with Gasteiger partial charge in [0.25, 0.3) is 0 Å². The summed E-state index contributed by atoms with van der Waals surface area (Å²) in [5.41, 5.74) is 7.90. The van der Waals surface area contributed by atoms with Crippen molar-refractivity contribution in [3.63, 3.8) is 0 Å². The van der Waals surface area contributed by atoms with Crippen LogP contribution >= 0.6 is 0 Å². The first kappa shape index (κ1) is 27.3. The van der Waals surface area contributed by atoms with Crippen LogP contribution in [0, 0.1) is 0 Å². The maximum Gasteiger partial charge on any atom is 0.345 e. The molecule has 0 bridgehead atoms. The number of benzene rings is 2. The van der Waals surface area contributed by atoms with Gasteiger partial charge in [-0.05, 0) is 37.1 Å². The highest BCUT2D eigenvalue weighted by Crippen LogP contribution is 2.41. The predicted octanol–water partition coefficient (Wildman–Crippen LogP) is 3.94.